The van der Waals surface area contributed by atoms with E-state index in [1.807, 2.05) is 23.9 Å². The quantitative estimate of drug-likeness (QED) is 0.296. The van der Waals surface area contributed by atoms with E-state index in [2.05, 4.69) is 19.8 Å². The Balaban J connectivity index is 1.53. The standard InChI is InChI=1S/C26H26ClF3N4O2/c1-13(23-22(36-26(29)30)8-7-21(28)24(23)27)19-11-32-25-18(19)9-15(10-31-25)20-12-33-34(14(20)2)16-3-5-17(35)6-4-16/h7-13,16-17,26,35H,3-6H2,1-2H3,(H,31,32)/t13-,16?,17?/m0/s1. The Morgan fingerprint density at radius 2 is 1.94 bits per heavy atom. The highest BCUT2D eigenvalue weighted by atomic mass is 35.5. The molecule has 0 bridgehead atoms. The third-order valence-electron chi connectivity index (χ3n) is 7.14. The fourth-order valence-electron chi connectivity index (χ4n) is 5.21. The fraction of sp³-hybridized carbons (Fsp3) is 0.385. The molecule has 190 valence electrons. The van der Waals surface area contributed by atoms with Gasteiger partial charge in [-0.15, -0.1) is 0 Å². The molecule has 3 heterocycles. The van der Waals surface area contributed by atoms with E-state index >= 15 is 0 Å². The van der Waals surface area contributed by atoms with Crippen LogP contribution in [0.4, 0.5) is 13.2 Å². The Kier molecular flexibility index (Phi) is 6.70. The lowest BCUT2D eigenvalue weighted by Crippen LogP contribution is -2.22. The van der Waals surface area contributed by atoms with Crippen molar-refractivity contribution in [3.63, 3.8) is 0 Å². The molecule has 2 N–H and O–H groups in total. The molecule has 1 atom stereocenters. The van der Waals surface area contributed by atoms with Gasteiger partial charge in [-0.25, -0.2) is 9.37 Å². The van der Waals surface area contributed by atoms with Gasteiger partial charge in [0.2, 0.25) is 0 Å². The van der Waals surface area contributed by atoms with Crippen molar-refractivity contribution in [1.29, 1.82) is 0 Å². The summed E-state index contributed by atoms with van der Waals surface area (Å²) in [7, 11) is 0. The lowest BCUT2D eigenvalue weighted by molar-refractivity contribution is -0.0505. The van der Waals surface area contributed by atoms with E-state index in [1.54, 1.807) is 19.3 Å². The molecule has 0 unspecified atom stereocenters. The van der Waals surface area contributed by atoms with Crippen molar-refractivity contribution in [2.45, 2.75) is 64.2 Å². The second-order valence-electron chi connectivity index (χ2n) is 9.29. The number of ether oxygens (including phenoxy) is 1. The number of halogens is 4. The second kappa shape index (κ2) is 9.78. The third-order valence-corrected chi connectivity index (χ3v) is 7.52. The number of hydrogen-bond donors (Lipinski definition) is 2. The van der Waals surface area contributed by atoms with Crippen molar-refractivity contribution >= 4 is 22.6 Å². The minimum Gasteiger partial charge on any atom is -0.434 e. The molecule has 0 aliphatic heterocycles. The maximum atomic E-state index is 14.3. The number of aliphatic hydroxyl groups is 1. The van der Waals surface area contributed by atoms with Gasteiger partial charge in [0, 0.05) is 46.1 Å². The van der Waals surface area contributed by atoms with Crippen LogP contribution in [0, 0.1) is 12.7 Å². The van der Waals surface area contributed by atoms with E-state index in [1.165, 1.54) is 6.07 Å². The maximum absolute atomic E-state index is 14.3. The maximum Gasteiger partial charge on any atom is 0.387 e. The van der Waals surface area contributed by atoms with Crippen LogP contribution < -0.4 is 4.74 Å². The summed E-state index contributed by atoms with van der Waals surface area (Å²) >= 11 is 6.23. The number of aliphatic hydroxyl groups excluding tert-OH is 1. The number of nitrogens with zero attached hydrogens (tertiary/aromatic N) is 3. The number of alkyl halides is 2. The van der Waals surface area contributed by atoms with E-state index in [4.69, 9.17) is 11.6 Å². The lowest BCUT2D eigenvalue weighted by atomic mass is 9.91. The van der Waals surface area contributed by atoms with E-state index in [-0.39, 0.29) is 28.5 Å². The van der Waals surface area contributed by atoms with Crippen LogP contribution in [0.15, 0.2) is 36.8 Å². The lowest BCUT2D eigenvalue weighted by Gasteiger charge is -2.26. The predicted molar refractivity (Wildman–Crippen MR) is 131 cm³/mol. The molecule has 1 saturated carbocycles. The average Bonchev–Trinajstić information content (AvgIpc) is 3.44. The largest absolute Gasteiger partial charge is 0.434 e. The summed E-state index contributed by atoms with van der Waals surface area (Å²) in [6, 6.07) is 4.38. The zero-order valence-electron chi connectivity index (χ0n) is 19.8. The fourth-order valence-corrected chi connectivity index (χ4v) is 5.53. The number of aromatic nitrogens is 4. The van der Waals surface area contributed by atoms with Crippen molar-refractivity contribution in [2.24, 2.45) is 0 Å². The van der Waals surface area contributed by atoms with Crippen LogP contribution in [0.1, 0.15) is 61.4 Å². The van der Waals surface area contributed by atoms with E-state index < -0.39 is 18.3 Å². The summed E-state index contributed by atoms with van der Waals surface area (Å²) in [4.78, 5) is 7.66. The Morgan fingerprint density at radius 1 is 1.19 bits per heavy atom. The zero-order chi connectivity index (χ0) is 25.6. The first-order valence-electron chi connectivity index (χ1n) is 11.9. The molecule has 1 aliphatic carbocycles. The van der Waals surface area contributed by atoms with Gasteiger partial charge in [-0.2, -0.15) is 13.9 Å². The molecule has 1 fully saturated rings. The molecule has 36 heavy (non-hydrogen) atoms. The summed E-state index contributed by atoms with van der Waals surface area (Å²) in [5.41, 5.74) is 4.26. The van der Waals surface area contributed by atoms with E-state index in [0.29, 0.717) is 5.65 Å². The molecule has 1 aromatic carbocycles. The summed E-state index contributed by atoms with van der Waals surface area (Å²) in [6.07, 6.45) is 8.33. The van der Waals surface area contributed by atoms with Crippen LogP contribution in [0.3, 0.4) is 0 Å². The Bertz CT molecular complexity index is 1400. The average molecular weight is 519 g/mol. The van der Waals surface area contributed by atoms with Gasteiger partial charge >= 0.3 is 6.61 Å². The van der Waals surface area contributed by atoms with Gasteiger partial charge in [-0.1, -0.05) is 18.5 Å². The first-order valence-corrected chi connectivity index (χ1v) is 12.2. The predicted octanol–water partition coefficient (Wildman–Crippen LogP) is 6.76. The molecule has 10 heteroatoms. The van der Waals surface area contributed by atoms with Crippen molar-refractivity contribution in [3.05, 3.63) is 64.5 Å². The van der Waals surface area contributed by atoms with Crippen molar-refractivity contribution in [1.82, 2.24) is 19.7 Å². The summed E-state index contributed by atoms with van der Waals surface area (Å²) in [5.74, 6) is -1.45. The third kappa shape index (κ3) is 4.46. The number of rotatable bonds is 6. The molecule has 0 radical (unpaired) electrons. The molecule has 3 aromatic heterocycles. The van der Waals surface area contributed by atoms with Gasteiger partial charge in [0.15, 0.2) is 0 Å². The molecule has 4 aromatic rings. The van der Waals surface area contributed by atoms with Crippen LogP contribution >= 0.6 is 11.6 Å². The topological polar surface area (TPSA) is 76.0 Å². The minimum absolute atomic E-state index is 0.145. The van der Waals surface area contributed by atoms with E-state index in [0.717, 1.165) is 59.5 Å². The molecular formula is C26H26ClF3N4O2. The Morgan fingerprint density at radius 3 is 2.67 bits per heavy atom. The summed E-state index contributed by atoms with van der Waals surface area (Å²) < 4.78 is 47.0. The van der Waals surface area contributed by atoms with Gasteiger partial charge < -0.3 is 14.8 Å². The summed E-state index contributed by atoms with van der Waals surface area (Å²) in [6.45, 7) is 0.703. The van der Waals surface area contributed by atoms with Crippen LogP contribution in [0.25, 0.3) is 22.2 Å². The van der Waals surface area contributed by atoms with Gasteiger partial charge in [-0.3, -0.25) is 4.68 Å². The van der Waals surface area contributed by atoms with Gasteiger partial charge in [-0.05, 0) is 56.4 Å². The number of fused-ring (bicyclic) bond motifs is 1. The number of nitrogens with one attached hydrogen (secondary N) is 1. The highest BCUT2D eigenvalue weighted by Gasteiger charge is 2.26. The normalized spacial score (nSPS) is 19.2. The molecular weight excluding hydrogens is 493 g/mol. The van der Waals surface area contributed by atoms with Crippen LogP contribution in [-0.2, 0) is 0 Å². The van der Waals surface area contributed by atoms with Crippen molar-refractivity contribution in [2.75, 3.05) is 0 Å². The molecule has 5 rings (SSSR count). The number of pyridine rings is 1. The zero-order valence-corrected chi connectivity index (χ0v) is 20.6. The Hall–Kier alpha value is -3.04. The first kappa shape index (κ1) is 24.6. The minimum atomic E-state index is -3.07. The van der Waals surface area contributed by atoms with Crippen molar-refractivity contribution in [3.8, 4) is 16.9 Å². The second-order valence-corrected chi connectivity index (χ2v) is 9.67. The molecule has 1 aliphatic rings. The smallest absolute Gasteiger partial charge is 0.387 e. The Labute approximate surface area is 211 Å². The molecule has 0 saturated heterocycles. The highest BCUT2D eigenvalue weighted by Crippen LogP contribution is 2.42. The molecule has 6 nitrogen and oxygen atoms in total. The summed E-state index contributed by atoms with van der Waals surface area (Å²) in [5, 5.41) is 15.0. The van der Waals surface area contributed by atoms with Gasteiger partial charge in [0.1, 0.15) is 17.2 Å². The SMILES string of the molecule is Cc1c(-c2cnc3[nH]cc([C@H](C)c4c(OC(F)F)ccc(F)c4Cl)c3c2)cnn1C1CCC(O)CC1. The van der Waals surface area contributed by atoms with Crippen LogP contribution in [-0.4, -0.2) is 37.6 Å². The van der Waals surface area contributed by atoms with Gasteiger partial charge in [0.05, 0.1) is 23.4 Å². The molecule has 0 spiro atoms. The number of H-pyrrole nitrogens is 1. The molecule has 0 amide bonds. The van der Waals surface area contributed by atoms with E-state index in [9.17, 15) is 18.3 Å². The number of hydrogen-bond acceptors (Lipinski definition) is 4. The van der Waals surface area contributed by atoms with Crippen LogP contribution in [0.2, 0.25) is 5.02 Å². The van der Waals surface area contributed by atoms with Crippen LogP contribution in [0.5, 0.6) is 5.75 Å². The first-order chi connectivity index (χ1) is 17.2. The number of aromatic amines is 1. The monoisotopic (exact) mass is 518 g/mol. The van der Waals surface area contributed by atoms with Gasteiger partial charge in [0.25, 0.3) is 0 Å². The number of benzene rings is 1. The highest BCUT2D eigenvalue weighted by molar-refractivity contribution is 6.31. The van der Waals surface area contributed by atoms with Crippen molar-refractivity contribution < 1.29 is 23.0 Å².